The number of carbonyl (C=O) groups is 1. The fourth-order valence-electron chi connectivity index (χ4n) is 3.38. The molecule has 22 heavy (non-hydrogen) atoms. The minimum Gasteiger partial charge on any atom is -0.398 e. The lowest BCUT2D eigenvalue weighted by Gasteiger charge is -2.35. The summed E-state index contributed by atoms with van der Waals surface area (Å²) in [5.41, 5.74) is 8.65. The van der Waals surface area contributed by atoms with Crippen LogP contribution < -0.4 is 11.1 Å². The SMILES string of the molecule is CCCNC(=O)c1ccc(CN2CC(C)CC(C)C2)c(N)c1. The molecule has 3 N–H and O–H groups in total. The molecule has 1 amide bonds. The normalized spacial score (nSPS) is 22.5. The molecule has 2 rings (SSSR count). The fourth-order valence-corrected chi connectivity index (χ4v) is 3.38. The van der Waals surface area contributed by atoms with Gasteiger partial charge >= 0.3 is 0 Å². The summed E-state index contributed by atoms with van der Waals surface area (Å²) in [6.07, 6.45) is 2.24. The van der Waals surface area contributed by atoms with E-state index in [9.17, 15) is 4.79 Å². The number of anilines is 1. The molecule has 4 heteroatoms. The van der Waals surface area contributed by atoms with Gasteiger partial charge in [-0.25, -0.2) is 0 Å². The molecule has 1 fully saturated rings. The van der Waals surface area contributed by atoms with Gasteiger partial charge in [0.05, 0.1) is 0 Å². The van der Waals surface area contributed by atoms with Gasteiger partial charge in [-0.1, -0.05) is 26.8 Å². The molecule has 1 aromatic rings. The summed E-state index contributed by atoms with van der Waals surface area (Å²) in [6.45, 7) is 10.5. The molecule has 1 aromatic carbocycles. The summed E-state index contributed by atoms with van der Waals surface area (Å²) in [4.78, 5) is 14.4. The maximum atomic E-state index is 12.0. The van der Waals surface area contributed by atoms with Gasteiger partial charge in [-0.3, -0.25) is 9.69 Å². The lowest BCUT2D eigenvalue weighted by atomic mass is 9.91. The molecule has 1 aliphatic rings. The Balaban J connectivity index is 2.02. The Morgan fingerprint density at radius 3 is 2.59 bits per heavy atom. The lowest BCUT2D eigenvalue weighted by molar-refractivity contribution is 0.0953. The Bertz CT molecular complexity index is 505. The van der Waals surface area contributed by atoms with Gasteiger partial charge in [-0.15, -0.1) is 0 Å². The molecule has 2 atom stereocenters. The highest BCUT2D eigenvalue weighted by Crippen LogP contribution is 2.24. The number of amides is 1. The molecule has 0 spiro atoms. The fraction of sp³-hybridized carbons (Fsp3) is 0.611. The highest BCUT2D eigenvalue weighted by molar-refractivity contribution is 5.95. The third kappa shape index (κ3) is 4.47. The van der Waals surface area contributed by atoms with Crippen LogP contribution in [-0.4, -0.2) is 30.4 Å². The Labute approximate surface area is 134 Å². The van der Waals surface area contributed by atoms with Crippen molar-refractivity contribution in [2.75, 3.05) is 25.4 Å². The monoisotopic (exact) mass is 303 g/mol. The number of hydrogen-bond donors (Lipinski definition) is 2. The largest absolute Gasteiger partial charge is 0.398 e. The minimum atomic E-state index is -0.0414. The van der Waals surface area contributed by atoms with Crippen LogP contribution in [0.2, 0.25) is 0 Å². The summed E-state index contributed by atoms with van der Waals surface area (Å²) in [5, 5.41) is 2.88. The molecule has 1 aliphatic heterocycles. The van der Waals surface area contributed by atoms with E-state index in [1.807, 2.05) is 19.1 Å². The predicted molar refractivity (Wildman–Crippen MR) is 91.7 cm³/mol. The first-order chi connectivity index (χ1) is 10.5. The third-order valence-electron chi connectivity index (χ3n) is 4.28. The molecule has 4 nitrogen and oxygen atoms in total. The maximum absolute atomic E-state index is 12.0. The molecular weight excluding hydrogens is 274 g/mol. The van der Waals surface area contributed by atoms with Crippen LogP contribution in [0.15, 0.2) is 18.2 Å². The average Bonchev–Trinajstić information content (AvgIpc) is 2.45. The van der Waals surface area contributed by atoms with Crippen molar-refractivity contribution < 1.29 is 4.79 Å². The van der Waals surface area contributed by atoms with Gasteiger partial charge < -0.3 is 11.1 Å². The molecule has 0 bridgehead atoms. The first kappa shape index (κ1) is 16.8. The number of likely N-dealkylation sites (tertiary alicyclic amines) is 1. The second kappa shape index (κ2) is 7.63. The zero-order valence-electron chi connectivity index (χ0n) is 14.1. The first-order valence-electron chi connectivity index (χ1n) is 8.38. The van der Waals surface area contributed by atoms with Crippen LogP contribution in [0.25, 0.3) is 0 Å². The van der Waals surface area contributed by atoms with Crippen LogP contribution in [0, 0.1) is 11.8 Å². The Morgan fingerprint density at radius 1 is 1.32 bits per heavy atom. The van der Waals surface area contributed by atoms with Crippen molar-refractivity contribution in [1.29, 1.82) is 0 Å². The number of nitrogens with two attached hydrogens (primary N) is 1. The smallest absolute Gasteiger partial charge is 0.251 e. The zero-order chi connectivity index (χ0) is 16.1. The van der Waals surface area contributed by atoms with Crippen LogP contribution in [0.3, 0.4) is 0 Å². The molecule has 122 valence electrons. The topological polar surface area (TPSA) is 58.4 Å². The van der Waals surface area contributed by atoms with E-state index in [0.717, 1.165) is 49.1 Å². The highest BCUT2D eigenvalue weighted by atomic mass is 16.1. The standard InChI is InChI=1S/C18H29N3O/c1-4-7-20-18(22)15-5-6-16(17(19)9-15)12-21-10-13(2)8-14(3)11-21/h5-6,9,13-14H,4,7-8,10-12,19H2,1-3H3,(H,20,22). The molecule has 0 aliphatic carbocycles. The number of rotatable bonds is 5. The number of benzene rings is 1. The van der Waals surface area contributed by atoms with Crippen molar-refractivity contribution >= 4 is 11.6 Å². The van der Waals surface area contributed by atoms with Crippen molar-refractivity contribution in [3.63, 3.8) is 0 Å². The summed E-state index contributed by atoms with van der Waals surface area (Å²) in [5.74, 6) is 1.44. The zero-order valence-corrected chi connectivity index (χ0v) is 14.1. The highest BCUT2D eigenvalue weighted by Gasteiger charge is 2.22. The van der Waals surface area contributed by atoms with E-state index >= 15 is 0 Å². The van der Waals surface area contributed by atoms with Gasteiger partial charge in [0.2, 0.25) is 0 Å². The second-order valence-corrected chi connectivity index (χ2v) is 6.81. The summed E-state index contributed by atoms with van der Waals surface area (Å²) in [7, 11) is 0. The van der Waals surface area contributed by atoms with E-state index in [1.165, 1.54) is 6.42 Å². The van der Waals surface area contributed by atoms with Crippen LogP contribution in [0.4, 0.5) is 5.69 Å². The number of piperidine rings is 1. The van der Waals surface area contributed by atoms with Crippen molar-refractivity contribution in [1.82, 2.24) is 10.2 Å². The number of nitrogen functional groups attached to an aromatic ring is 1. The molecule has 2 unspecified atom stereocenters. The van der Waals surface area contributed by atoms with Crippen molar-refractivity contribution in [3.05, 3.63) is 29.3 Å². The van der Waals surface area contributed by atoms with Gasteiger partial charge in [-0.05, 0) is 42.4 Å². The minimum absolute atomic E-state index is 0.0414. The number of hydrogen-bond acceptors (Lipinski definition) is 3. The van der Waals surface area contributed by atoms with Gasteiger partial charge in [0.25, 0.3) is 5.91 Å². The van der Waals surface area contributed by atoms with E-state index in [2.05, 4.69) is 24.1 Å². The Hall–Kier alpha value is -1.55. The molecule has 1 saturated heterocycles. The molecule has 1 heterocycles. The molecule has 0 radical (unpaired) electrons. The van der Waals surface area contributed by atoms with Crippen molar-refractivity contribution in [2.24, 2.45) is 11.8 Å². The second-order valence-electron chi connectivity index (χ2n) is 6.81. The van der Waals surface area contributed by atoms with Crippen molar-refractivity contribution in [2.45, 2.75) is 40.2 Å². The van der Waals surface area contributed by atoms with E-state index in [0.29, 0.717) is 12.1 Å². The van der Waals surface area contributed by atoms with Gasteiger partial charge in [0.1, 0.15) is 0 Å². The number of carbonyl (C=O) groups excluding carboxylic acids is 1. The van der Waals surface area contributed by atoms with Crippen LogP contribution in [0.5, 0.6) is 0 Å². The number of nitrogens with zero attached hydrogens (tertiary/aromatic N) is 1. The lowest BCUT2D eigenvalue weighted by Crippen LogP contribution is -2.38. The maximum Gasteiger partial charge on any atom is 0.251 e. The van der Waals surface area contributed by atoms with E-state index in [4.69, 9.17) is 5.73 Å². The molecule has 0 saturated carbocycles. The third-order valence-corrected chi connectivity index (χ3v) is 4.28. The first-order valence-corrected chi connectivity index (χ1v) is 8.38. The number of nitrogens with one attached hydrogen (secondary N) is 1. The van der Waals surface area contributed by atoms with E-state index in [-0.39, 0.29) is 5.91 Å². The van der Waals surface area contributed by atoms with Gasteiger partial charge in [0.15, 0.2) is 0 Å². The Kier molecular flexibility index (Phi) is 5.83. The molecule has 0 aromatic heterocycles. The Morgan fingerprint density at radius 2 is 2.00 bits per heavy atom. The van der Waals surface area contributed by atoms with Gasteiger partial charge in [0, 0.05) is 37.4 Å². The average molecular weight is 303 g/mol. The van der Waals surface area contributed by atoms with Crippen LogP contribution >= 0.6 is 0 Å². The molecular formula is C18H29N3O. The summed E-state index contributed by atoms with van der Waals surface area (Å²) >= 11 is 0. The predicted octanol–water partition coefficient (Wildman–Crippen LogP) is 2.89. The van der Waals surface area contributed by atoms with Crippen molar-refractivity contribution in [3.8, 4) is 0 Å². The van der Waals surface area contributed by atoms with E-state index in [1.54, 1.807) is 6.07 Å². The van der Waals surface area contributed by atoms with Crippen LogP contribution in [-0.2, 0) is 6.54 Å². The van der Waals surface area contributed by atoms with E-state index < -0.39 is 0 Å². The van der Waals surface area contributed by atoms with Crippen LogP contribution in [0.1, 0.15) is 49.5 Å². The van der Waals surface area contributed by atoms with Gasteiger partial charge in [-0.2, -0.15) is 0 Å². The quantitative estimate of drug-likeness (QED) is 0.822. The summed E-state index contributed by atoms with van der Waals surface area (Å²) in [6, 6.07) is 5.69. The summed E-state index contributed by atoms with van der Waals surface area (Å²) < 4.78 is 0.